The zero-order valence-electron chi connectivity index (χ0n) is 40.9. The van der Waals surface area contributed by atoms with Crippen molar-refractivity contribution in [2.45, 2.75) is 108 Å². The van der Waals surface area contributed by atoms with Gasteiger partial charge in [0.25, 0.3) is 0 Å². The van der Waals surface area contributed by atoms with Gasteiger partial charge in [0, 0.05) is 50.1 Å². The van der Waals surface area contributed by atoms with Crippen LogP contribution in [0.2, 0.25) is 0 Å². The van der Waals surface area contributed by atoms with Gasteiger partial charge >= 0.3 is 12.2 Å². The van der Waals surface area contributed by atoms with Gasteiger partial charge in [-0.05, 0) is 98.2 Å². The molecule has 2 heterocycles. The van der Waals surface area contributed by atoms with Crippen LogP contribution in [-0.4, -0.2) is 112 Å². The molecule has 1 saturated carbocycles. The first-order chi connectivity index (χ1) is 34.3. The second-order valence-corrected chi connectivity index (χ2v) is 18.1. The molecule has 16 nitrogen and oxygen atoms in total. The number of anilines is 1. The average Bonchev–Trinajstić information content (AvgIpc) is 3.38. The maximum Gasteiger partial charge on any atom is 0.417 e. The van der Waals surface area contributed by atoms with Gasteiger partial charge < -0.3 is 52.9 Å². The molecule has 4 aliphatic rings. The lowest BCUT2D eigenvalue weighted by Gasteiger charge is -2.59. The minimum atomic E-state index is -1.51. The van der Waals surface area contributed by atoms with Gasteiger partial charge in [-0.15, -0.1) is 6.58 Å². The molecule has 0 bridgehead atoms. The fraction of sp³-hybridized carbons (Fsp3) is 0.537. The molecule has 2 amide bonds. The Morgan fingerprint density at radius 1 is 0.957 bits per heavy atom. The molecule has 2 aliphatic heterocycles. The van der Waals surface area contributed by atoms with Crippen LogP contribution in [-0.2, 0) is 30.4 Å². The van der Waals surface area contributed by atoms with Gasteiger partial charge in [0.2, 0.25) is 12.1 Å². The number of hydrogen-bond donors (Lipinski definition) is 3. The topological polar surface area (TPSA) is 185 Å². The van der Waals surface area contributed by atoms with Gasteiger partial charge in [0.15, 0.2) is 0 Å². The van der Waals surface area contributed by atoms with Crippen LogP contribution in [0.25, 0.3) is 0 Å². The summed E-state index contributed by atoms with van der Waals surface area (Å²) >= 11 is 0. The van der Waals surface area contributed by atoms with E-state index >= 15 is 0 Å². The number of amides is 2. The summed E-state index contributed by atoms with van der Waals surface area (Å²) in [6, 6.07) is 19.4. The molecule has 3 N–H and O–H groups in total. The van der Waals surface area contributed by atoms with Crippen LogP contribution < -0.4 is 24.3 Å². The minimum absolute atomic E-state index is 0.0137. The van der Waals surface area contributed by atoms with Crippen LogP contribution in [0.15, 0.2) is 96.2 Å². The number of allylic oxidation sites excluding steroid dienone is 1. The van der Waals surface area contributed by atoms with Crippen molar-refractivity contribution in [1.82, 2.24) is 4.90 Å². The highest BCUT2D eigenvalue weighted by atomic mass is 16.8. The molecule has 70 heavy (non-hydrogen) atoms. The number of nitrogens with one attached hydrogen (secondary N) is 1. The van der Waals surface area contributed by atoms with Gasteiger partial charge in [-0.1, -0.05) is 67.4 Å². The number of oxime groups is 1. The van der Waals surface area contributed by atoms with Crippen molar-refractivity contribution in [1.29, 1.82) is 0 Å². The van der Waals surface area contributed by atoms with Crippen molar-refractivity contribution in [3.8, 4) is 23.0 Å². The van der Waals surface area contributed by atoms with Crippen LogP contribution in [0.4, 0.5) is 15.3 Å². The highest BCUT2D eigenvalue weighted by molar-refractivity contribution is 6.03. The van der Waals surface area contributed by atoms with E-state index in [1.807, 2.05) is 43.3 Å². The Balaban J connectivity index is 1.32. The summed E-state index contributed by atoms with van der Waals surface area (Å²) in [6.45, 7) is 7.71. The molecule has 0 aromatic heterocycles. The van der Waals surface area contributed by atoms with Crippen molar-refractivity contribution < 1.29 is 62.5 Å². The third-order valence-corrected chi connectivity index (χ3v) is 13.6. The standard InChI is InChI=1S/C54H71N3O13/c1-5-25-57(53(61)66-31-30-64-36-37-16-8-7-9-17-37)48-35-45(56-70-49-20-12-15-29-65-49)42-32-38(18-10-13-26-58)41(19-11-14-27-59)50-43-33-40(22-24-46(43)69-54(48,51(42)50)67-28-6-2)68-52(60)55-44-23-21-39(62-3)34-47(44)63-4/h6-9,16-17,21-24,32-34,38,41,48-51,58-59H,2,5,10-15,18-20,25-31,35-36H2,1,3-4H3,(H,55,60). The molecule has 16 heteroatoms. The molecule has 3 aromatic carbocycles. The predicted octanol–water partition coefficient (Wildman–Crippen LogP) is 9.54. The smallest absolute Gasteiger partial charge is 0.417 e. The number of benzene rings is 3. The average molecular weight is 970 g/mol. The summed E-state index contributed by atoms with van der Waals surface area (Å²) in [5, 5.41) is 27.8. The highest BCUT2D eigenvalue weighted by Crippen LogP contribution is 2.62. The van der Waals surface area contributed by atoms with Gasteiger partial charge in [0.1, 0.15) is 35.6 Å². The maximum atomic E-state index is 14.6. The Kier molecular flexibility index (Phi) is 19.4. The van der Waals surface area contributed by atoms with E-state index in [2.05, 4.69) is 18.0 Å². The lowest BCUT2D eigenvalue weighted by Crippen LogP contribution is -2.70. The fourth-order valence-corrected chi connectivity index (χ4v) is 10.4. The van der Waals surface area contributed by atoms with Crippen molar-refractivity contribution in [2.75, 3.05) is 65.7 Å². The second-order valence-electron chi connectivity index (χ2n) is 18.1. The fourth-order valence-electron chi connectivity index (χ4n) is 10.4. The molecule has 1 saturated heterocycles. The molecule has 0 radical (unpaired) electrons. The van der Waals surface area contributed by atoms with E-state index in [-0.39, 0.29) is 63.0 Å². The number of nitrogens with zero attached hydrogens (tertiary/aromatic N) is 2. The van der Waals surface area contributed by atoms with Crippen molar-refractivity contribution >= 4 is 23.6 Å². The summed E-state index contributed by atoms with van der Waals surface area (Å²) in [5.41, 5.74) is 3.71. The maximum absolute atomic E-state index is 14.6. The number of rotatable bonds is 25. The number of methoxy groups -OCH3 is 2. The van der Waals surface area contributed by atoms with Crippen LogP contribution in [0.3, 0.4) is 0 Å². The van der Waals surface area contributed by atoms with E-state index < -0.39 is 36.2 Å². The second kappa shape index (κ2) is 26.0. The van der Waals surface area contributed by atoms with Crippen LogP contribution in [0.1, 0.15) is 94.6 Å². The number of unbranched alkanes of at least 4 members (excludes halogenated alkanes) is 2. The molecular formula is C54H71N3O13. The lowest BCUT2D eigenvalue weighted by atomic mass is 9.55. The van der Waals surface area contributed by atoms with Crippen LogP contribution >= 0.6 is 0 Å². The van der Waals surface area contributed by atoms with Gasteiger partial charge in [-0.2, -0.15) is 0 Å². The molecule has 380 valence electrons. The normalized spacial score (nSPS) is 24.0. The molecule has 0 spiro atoms. The SMILES string of the molecule is C=CCOC12Oc3ccc(OC(=O)Nc4ccc(OC)cc4OC)cc3C3C(CCCCO)C(CCCCO)C=C(C(=NOC4CCCCO4)CC1N(CCC)C(=O)OCCOCc1ccccc1)C32. The van der Waals surface area contributed by atoms with Crippen LogP contribution in [0, 0.1) is 17.8 Å². The first-order valence-electron chi connectivity index (χ1n) is 24.9. The summed E-state index contributed by atoms with van der Waals surface area (Å²) < 4.78 is 49.2. The van der Waals surface area contributed by atoms with E-state index in [0.29, 0.717) is 74.1 Å². The number of aliphatic hydroxyl groups is 2. The summed E-state index contributed by atoms with van der Waals surface area (Å²) in [6.07, 6.45) is 9.73. The first kappa shape index (κ1) is 52.2. The van der Waals surface area contributed by atoms with E-state index in [1.165, 1.54) is 7.11 Å². The van der Waals surface area contributed by atoms with Gasteiger partial charge in [-0.25, -0.2) is 9.59 Å². The summed E-state index contributed by atoms with van der Waals surface area (Å²) in [4.78, 5) is 36.3. The number of aliphatic hydroxyl groups excluding tert-OH is 2. The Bertz CT molecular complexity index is 2230. The molecule has 7 rings (SSSR count). The Morgan fingerprint density at radius 3 is 2.49 bits per heavy atom. The van der Waals surface area contributed by atoms with E-state index in [0.717, 1.165) is 55.2 Å². The van der Waals surface area contributed by atoms with Crippen molar-refractivity contribution in [2.24, 2.45) is 22.9 Å². The van der Waals surface area contributed by atoms with Crippen molar-refractivity contribution in [3.63, 3.8) is 0 Å². The quantitative estimate of drug-likeness (QED) is 0.0415. The molecular weight excluding hydrogens is 899 g/mol. The van der Waals surface area contributed by atoms with E-state index in [9.17, 15) is 19.8 Å². The molecule has 2 aliphatic carbocycles. The number of hydrogen-bond acceptors (Lipinski definition) is 14. The molecule has 2 fully saturated rings. The van der Waals surface area contributed by atoms with Crippen LogP contribution in [0.5, 0.6) is 23.0 Å². The number of carbonyl (C=O) groups is 2. The number of carbonyl (C=O) groups excluding carboxylic acids is 2. The minimum Gasteiger partial charge on any atom is -0.497 e. The zero-order valence-corrected chi connectivity index (χ0v) is 40.9. The highest BCUT2D eigenvalue weighted by Gasteiger charge is 2.65. The largest absolute Gasteiger partial charge is 0.497 e. The first-order valence-corrected chi connectivity index (χ1v) is 24.9. The summed E-state index contributed by atoms with van der Waals surface area (Å²) in [5.74, 6) is -0.782. The van der Waals surface area contributed by atoms with E-state index in [1.54, 1.807) is 48.4 Å². The lowest BCUT2D eigenvalue weighted by molar-refractivity contribution is -0.255. The van der Waals surface area contributed by atoms with Gasteiger partial charge in [0.05, 0.1) is 58.0 Å². The monoisotopic (exact) mass is 969 g/mol. The summed E-state index contributed by atoms with van der Waals surface area (Å²) in [7, 11) is 3.05. The third-order valence-electron chi connectivity index (χ3n) is 13.6. The zero-order chi connectivity index (χ0) is 49.3. The molecule has 7 atom stereocenters. The number of fused-ring (bicyclic) bond motifs is 2. The predicted molar refractivity (Wildman–Crippen MR) is 263 cm³/mol. The molecule has 7 unspecified atom stereocenters. The van der Waals surface area contributed by atoms with Gasteiger partial charge in [-0.3, -0.25) is 10.2 Å². The Labute approximate surface area is 411 Å². The third kappa shape index (κ3) is 12.6. The van der Waals surface area contributed by atoms with Crippen molar-refractivity contribution in [3.05, 3.63) is 102 Å². The number of ether oxygens (including phenoxy) is 8. The molecule has 3 aromatic rings. The Morgan fingerprint density at radius 2 is 1.76 bits per heavy atom. The Hall–Kier alpha value is -5.65. The van der Waals surface area contributed by atoms with E-state index in [4.69, 9.17) is 47.9 Å².